The third-order valence-electron chi connectivity index (χ3n) is 3.04. The van der Waals surface area contributed by atoms with E-state index in [9.17, 15) is 0 Å². The maximum atomic E-state index is 5.41. The van der Waals surface area contributed by atoms with Gasteiger partial charge in [0.05, 0.1) is 13.7 Å². The molecule has 1 aliphatic heterocycles. The van der Waals surface area contributed by atoms with Crippen molar-refractivity contribution in [1.29, 1.82) is 0 Å². The number of hydrogen-bond donors (Lipinski definition) is 0. The summed E-state index contributed by atoms with van der Waals surface area (Å²) in [6.07, 6.45) is 2.20. The van der Waals surface area contributed by atoms with E-state index < -0.39 is 0 Å². The Labute approximate surface area is 105 Å². The SMILES string of the molecule is COc1cccc(CC(Br)C2CCOC2)c1. The van der Waals surface area contributed by atoms with Gasteiger partial charge in [0, 0.05) is 11.4 Å². The molecule has 0 spiro atoms. The van der Waals surface area contributed by atoms with Gasteiger partial charge in [-0.25, -0.2) is 0 Å². The molecule has 1 aliphatic rings. The van der Waals surface area contributed by atoms with Crippen molar-refractivity contribution in [3.63, 3.8) is 0 Å². The van der Waals surface area contributed by atoms with E-state index in [-0.39, 0.29) is 0 Å². The van der Waals surface area contributed by atoms with Gasteiger partial charge in [-0.15, -0.1) is 0 Å². The van der Waals surface area contributed by atoms with E-state index in [2.05, 4.69) is 28.1 Å². The molecule has 2 nitrogen and oxygen atoms in total. The van der Waals surface area contributed by atoms with Crippen LogP contribution in [0.2, 0.25) is 0 Å². The number of methoxy groups -OCH3 is 1. The summed E-state index contributed by atoms with van der Waals surface area (Å²) in [6.45, 7) is 1.80. The van der Waals surface area contributed by atoms with Crippen LogP contribution in [0.4, 0.5) is 0 Å². The zero-order chi connectivity index (χ0) is 11.4. The first kappa shape index (κ1) is 11.9. The highest BCUT2D eigenvalue weighted by atomic mass is 79.9. The Balaban J connectivity index is 1.96. The van der Waals surface area contributed by atoms with Gasteiger partial charge < -0.3 is 9.47 Å². The van der Waals surface area contributed by atoms with Crippen molar-refractivity contribution in [1.82, 2.24) is 0 Å². The summed E-state index contributed by atoms with van der Waals surface area (Å²) >= 11 is 3.77. The molecule has 2 atom stereocenters. The average Bonchev–Trinajstić information content (AvgIpc) is 2.83. The quantitative estimate of drug-likeness (QED) is 0.792. The monoisotopic (exact) mass is 284 g/mol. The first-order chi connectivity index (χ1) is 7.79. The minimum atomic E-state index is 0.502. The number of ether oxygens (including phenoxy) is 2. The Morgan fingerprint density at radius 1 is 1.56 bits per heavy atom. The van der Waals surface area contributed by atoms with E-state index in [0.29, 0.717) is 10.7 Å². The van der Waals surface area contributed by atoms with E-state index in [0.717, 1.165) is 25.4 Å². The highest BCUT2D eigenvalue weighted by molar-refractivity contribution is 9.09. The van der Waals surface area contributed by atoms with Gasteiger partial charge in [-0.1, -0.05) is 28.1 Å². The van der Waals surface area contributed by atoms with Crippen molar-refractivity contribution in [2.45, 2.75) is 17.7 Å². The summed E-state index contributed by atoms with van der Waals surface area (Å²) in [4.78, 5) is 0.502. The van der Waals surface area contributed by atoms with Crippen molar-refractivity contribution in [2.75, 3.05) is 20.3 Å². The van der Waals surface area contributed by atoms with E-state index >= 15 is 0 Å². The van der Waals surface area contributed by atoms with Gasteiger partial charge in [-0.2, -0.15) is 0 Å². The maximum absolute atomic E-state index is 5.41. The molecule has 0 aromatic heterocycles. The summed E-state index contributed by atoms with van der Waals surface area (Å²) < 4.78 is 10.6. The van der Waals surface area contributed by atoms with Crippen molar-refractivity contribution >= 4 is 15.9 Å². The number of benzene rings is 1. The third-order valence-corrected chi connectivity index (χ3v) is 4.11. The minimum absolute atomic E-state index is 0.502. The topological polar surface area (TPSA) is 18.5 Å². The minimum Gasteiger partial charge on any atom is -0.497 e. The first-order valence-electron chi connectivity index (χ1n) is 5.64. The summed E-state index contributed by atoms with van der Waals surface area (Å²) in [5, 5.41) is 0. The second-order valence-corrected chi connectivity index (χ2v) is 5.37. The summed E-state index contributed by atoms with van der Waals surface area (Å²) in [6, 6.07) is 8.26. The zero-order valence-electron chi connectivity index (χ0n) is 9.49. The molecular weight excluding hydrogens is 268 g/mol. The second kappa shape index (κ2) is 5.69. The van der Waals surface area contributed by atoms with Crippen molar-refractivity contribution in [2.24, 2.45) is 5.92 Å². The van der Waals surface area contributed by atoms with E-state index in [1.807, 2.05) is 12.1 Å². The lowest BCUT2D eigenvalue weighted by Crippen LogP contribution is -2.16. The van der Waals surface area contributed by atoms with Crippen LogP contribution in [-0.2, 0) is 11.2 Å². The Kier molecular flexibility index (Phi) is 4.24. The molecule has 1 saturated heterocycles. The Morgan fingerprint density at radius 3 is 3.12 bits per heavy atom. The molecule has 1 aromatic rings. The predicted octanol–water partition coefficient (Wildman–Crippen LogP) is 3.04. The number of hydrogen-bond acceptors (Lipinski definition) is 2. The molecule has 1 heterocycles. The molecule has 2 unspecified atom stereocenters. The lowest BCUT2D eigenvalue weighted by Gasteiger charge is -2.16. The molecule has 0 saturated carbocycles. The van der Waals surface area contributed by atoms with Crippen LogP contribution in [0.15, 0.2) is 24.3 Å². The Hall–Kier alpha value is -0.540. The second-order valence-electron chi connectivity index (χ2n) is 4.20. The highest BCUT2D eigenvalue weighted by Gasteiger charge is 2.23. The van der Waals surface area contributed by atoms with Gasteiger partial charge in [-0.05, 0) is 36.5 Å². The van der Waals surface area contributed by atoms with Crippen LogP contribution in [0.5, 0.6) is 5.75 Å². The predicted molar refractivity (Wildman–Crippen MR) is 68.3 cm³/mol. The van der Waals surface area contributed by atoms with E-state index in [1.54, 1.807) is 7.11 Å². The molecule has 0 radical (unpaired) electrons. The highest BCUT2D eigenvalue weighted by Crippen LogP contribution is 2.26. The molecule has 88 valence electrons. The zero-order valence-corrected chi connectivity index (χ0v) is 11.1. The standard InChI is InChI=1S/C13H17BrO2/c1-15-12-4-2-3-10(7-12)8-13(14)11-5-6-16-9-11/h2-4,7,11,13H,5-6,8-9H2,1H3. The van der Waals surface area contributed by atoms with E-state index in [1.165, 1.54) is 12.0 Å². The fourth-order valence-electron chi connectivity index (χ4n) is 2.03. The third kappa shape index (κ3) is 2.98. The lowest BCUT2D eigenvalue weighted by atomic mass is 9.99. The fourth-order valence-corrected chi connectivity index (χ4v) is 2.82. The van der Waals surface area contributed by atoms with Gasteiger partial charge in [0.25, 0.3) is 0 Å². The van der Waals surface area contributed by atoms with Crippen LogP contribution >= 0.6 is 15.9 Å². The number of halogens is 1. The van der Waals surface area contributed by atoms with Crippen molar-refractivity contribution < 1.29 is 9.47 Å². The van der Waals surface area contributed by atoms with Crippen molar-refractivity contribution in [3.05, 3.63) is 29.8 Å². The number of alkyl halides is 1. The van der Waals surface area contributed by atoms with Gasteiger partial charge in [0.15, 0.2) is 0 Å². The summed E-state index contributed by atoms with van der Waals surface area (Å²) in [5.41, 5.74) is 1.31. The van der Waals surface area contributed by atoms with Gasteiger partial charge in [-0.3, -0.25) is 0 Å². The largest absolute Gasteiger partial charge is 0.497 e. The summed E-state index contributed by atoms with van der Waals surface area (Å²) in [5.74, 6) is 1.58. The molecule has 0 N–H and O–H groups in total. The molecule has 1 aromatic carbocycles. The van der Waals surface area contributed by atoms with Crippen molar-refractivity contribution in [3.8, 4) is 5.75 Å². The smallest absolute Gasteiger partial charge is 0.119 e. The van der Waals surface area contributed by atoms with Crippen LogP contribution in [0.1, 0.15) is 12.0 Å². The van der Waals surface area contributed by atoms with Crippen LogP contribution in [-0.4, -0.2) is 25.2 Å². The molecule has 0 aliphatic carbocycles. The first-order valence-corrected chi connectivity index (χ1v) is 6.56. The Morgan fingerprint density at radius 2 is 2.44 bits per heavy atom. The maximum Gasteiger partial charge on any atom is 0.119 e. The van der Waals surface area contributed by atoms with Crippen LogP contribution < -0.4 is 4.74 Å². The lowest BCUT2D eigenvalue weighted by molar-refractivity contribution is 0.185. The molecule has 3 heteroatoms. The molecule has 1 fully saturated rings. The molecule has 16 heavy (non-hydrogen) atoms. The molecular formula is C13H17BrO2. The van der Waals surface area contributed by atoms with Crippen LogP contribution in [0, 0.1) is 5.92 Å². The van der Waals surface area contributed by atoms with Gasteiger partial charge >= 0.3 is 0 Å². The molecule has 0 amide bonds. The van der Waals surface area contributed by atoms with E-state index in [4.69, 9.17) is 9.47 Å². The normalized spacial score (nSPS) is 22.0. The number of rotatable bonds is 4. The molecule has 0 bridgehead atoms. The van der Waals surface area contributed by atoms with Crippen LogP contribution in [0.3, 0.4) is 0 Å². The molecule has 2 rings (SSSR count). The average molecular weight is 285 g/mol. The Bertz CT molecular complexity index is 334. The van der Waals surface area contributed by atoms with Gasteiger partial charge in [0.1, 0.15) is 5.75 Å². The van der Waals surface area contributed by atoms with Gasteiger partial charge in [0.2, 0.25) is 0 Å². The summed E-state index contributed by atoms with van der Waals surface area (Å²) in [7, 11) is 1.70. The van der Waals surface area contributed by atoms with Crippen LogP contribution in [0.25, 0.3) is 0 Å². The fraction of sp³-hybridized carbons (Fsp3) is 0.538.